The van der Waals surface area contributed by atoms with Crippen LogP contribution in [0.2, 0.25) is 0 Å². The quantitative estimate of drug-likeness (QED) is 0.445. The molecule has 0 saturated carbocycles. The normalized spacial score (nSPS) is 17.9. The summed E-state index contributed by atoms with van der Waals surface area (Å²) >= 11 is 0. The van der Waals surface area contributed by atoms with Gasteiger partial charge in [-0.15, -0.1) is 0 Å². The van der Waals surface area contributed by atoms with Gasteiger partial charge in [-0.1, -0.05) is 0 Å². The first kappa shape index (κ1) is 23.3. The van der Waals surface area contributed by atoms with Gasteiger partial charge in [0.2, 0.25) is 5.96 Å². The van der Waals surface area contributed by atoms with E-state index < -0.39 is 18.0 Å². The lowest BCUT2D eigenvalue weighted by molar-refractivity contribution is -0.161. The van der Waals surface area contributed by atoms with Gasteiger partial charge in [0.25, 0.3) is 5.91 Å². The van der Waals surface area contributed by atoms with E-state index >= 15 is 0 Å². The van der Waals surface area contributed by atoms with E-state index in [2.05, 4.69) is 20.3 Å². The molecule has 1 N–H and O–H groups in total. The lowest BCUT2D eigenvalue weighted by Crippen LogP contribution is -2.47. The smallest absolute Gasteiger partial charge is 0.347 e. The van der Waals surface area contributed by atoms with Crippen LogP contribution in [0.25, 0.3) is 0 Å². The summed E-state index contributed by atoms with van der Waals surface area (Å²) in [5, 5.41) is 2.84. The third kappa shape index (κ3) is 4.57. The molecule has 3 aliphatic rings. The number of nitrogens with zero attached hydrogens (tertiary/aromatic N) is 4. The number of ether oxygens (including phenoxy) is 4. The maximum absolute atomic E-state index is 12.8. The van der Waals surface area contributed by atoms with E-state index in [1.54, 1.807) is 24.4 Å². The Morgan fingerprint density at radius 1 is 1.25 bits per heavy atom. The average Bonchev–Trinajstić information content (AvgIpc) is 3.56. The number of aliphatic imine (C=N–C) groups is 2. The Balaban J connectivity index is 1.32. The molecular weight excluding hydrogens is 470 g/mol. The molecule has 0 bridgehead atoms. The van der Waals surface area contributed by atoms with Crippen LogP contribution in [0.15, 0.2) is 46.6 Å². The third-order valence-electron chi connectivity index (χ3n) is 5.74. The highest BCUT2D eigenvalue weighted by Crippen LogP contribution is 2.43. The molecule has 4 heterocycles. The number of aromatic nitrogens is 1. The molecule has 0 spiro atoms. The molecule has 1 atom stereocenters. The first-order chi connectivity index (χ1) is 17.5. The van der Waals surface area contributed by atoms with Gasteiger partial charge in [-0.25, -0.2) is 9.79 Å². The molecule has 1 amide bonds. The van der Waals surface area contributed by atoms with Crippen molar-refractivity contribution in [2.45, 2.75) is 18.9 Å². The molecule has 1 aromatic carbocycles. The van der Waals surface area contributed by atoms with Crippen molar-refractivity contribution in [2.24, 2.45) is 9.98 Å². The topological polar surface area (TPSA) is 141 Å². The van der Waals surface area contributed by atoms with E-state index in [4.69, 9.17) is 18.9 Å². The summed E-state index contributed by atoms with van der Waals surface area (Å²) in [7, 11) is 1.49. The van der Waals surface area contributed by atoms with Crippen LogP contribution in [0.3, 0.4) is 0 Å². The number of amidine groups is 1. The van der Waals surface area contributed by atoms with Gasteiger partial charge in [0.1, 0.15) is 24.7 Å². The fraction of sp³-hybridized carbons (Fsp3) is 0.333. The molecule has 3 aliphatic heterocycles. The van der Waals surface area contributed by atoms with Crippen molar-refractivity contribution in [2.75, 3.05) is 33.4 Å². The fourth-order valence-corrected chi connectivity index (χ4v) is 4.05. The molecule has 0 aliphatic carbocycles. The van der Waals surface area contributed by atoms with E-state index in [0.717, 1.165) is 5.56 Å². The van der Waals surface area contributed by atoms with Gasteiger partial charge < -0.3 is 18.9 Å². The zero-order valence-corrected chi connectivity index (χ0v) is 19.4. The number of esters is 2. The number of methoxy groups -OCH3 is 1. The third-order valence-corrected chi connectivity index (χ3v) is 5.74. The number of carbonyl (C=O) groups excluding carboxylic acids is 3. The van der Waals surface area contributed by atoms with Crippen LogP contribution in [0.5, 0.6) is 11.5 Å². The van der Waals surface area contributed by atoms with E-state index in [-0.39, 0.29) is 25.5 Å². The number of carbonyl (C=O) groups is 3. The Kier molecular flexibility index (Phi) is 6.48. The standard InChI is InChI=1S/C24H23N5O7/c1-33-20-16(34-11-12-35-23(32)17-6-7-18(30)36-17)5-4-15-19(20)27-24(29-10-9-26-21(15)29)28-22(31)14-3-2-8-25-13-14/h2-5,8,13,17H,6-7,9-12H2,1H3,(H,27,28,31)/t17-/m0/s1. The van der Waals surface area contributed by atoms with Crippen molar-refractivity contribution in [3.63, 3.8) is 0 Å². The highest BCUT2D eigenvalue weighted by atomic mass is 16.6. The van der Waals surface area contributed by atoms with Crippen molar-refractivity contribution < 1.29 is 33.3 Å². The lowest BCUT2D eigenvalue weighted by atomic mass is 10.1. The minimum atomic E-state index is -0.861. The van der Waals surface area contributed by atoms with Crippen LogP contribution in [0.1, 0.15) is 28.8 Å². The molecule has 1 saturated heterocycles. The van der Waals surface area contributed by atoms with E-state index in [1.807, 2.05) is 11.0 Å². The Morgan fingerprint density at radius 3 is 2.89 bits per heavy atom. The number of benzene rings is 1. The second-order valence-electron chi connectivity index (χ2n) is 8.01. The summed E-state index contributed by atoms with van der Waals surface area (Å²) in [6.45, 7) is 1.13. The number of nitrogens with one attached hydrogen (secondary N) is 1. The SMILES string of the molecule is COc1c(OCCOC(=O)[C@@H]2CCC(=O)O2)ccc2c1N=C(NC(=O)c1cccnc1)N1CCN=C21. The second-order valence-corrected chi connectivity index (χ2v) is 8.01. The van der Waals surface area contributed by atoms with Gasteiger partial charge in [-0.05, 0) is 24.3 Å². The summed E-state index contributed by atoms with van der Waals surface area (Å²) in [4.78, 5) is 51.0. The summed E-state index contributed by atoms with van der Waals surface area (Å²) < 4.78 is 21.5. The summed E-state index contributed by atoms with van der Waals surface area (Å²) in [6, 6.07) is 6.89. The first-order valence-corrected chi connectivity index (χ1v) is 11.4. The molecule has 0 unspecified atom stereocenters. The summed E-state index contributed by atoms with van der Waals surface area (Å²) in [5.74, 6) is 0.375. The Bertz CT molecular complexity index is 1260. The molecule has 36 heavy (non-hydrogen) atoms. The zero-order valence-electron chi connectivity index (χ0n) is 19.4. The molecule has 5 rings (SSSR count). The number of guanidine groups is 1. The molecule has 1 fully saturated rings. The average molecular weight is 493 g/mol. The molecule has 12 heteroatoms. The zero-order chi connectivity index (χ0) is 25.1. The molecule has 12 nitrogen and oxygen atoms in total. The maximum atomic E-state index is 12.8. The van der Waals surface area contributed by atoms with Crippen LogP contribution in [-0.2, 0) is 19.1 Å². The highest BCUT2D eigenvalue weighted by molar-refractivity contribution is 6.20. The number of cyclic esters (lactones) is 1. The van der Waals surface area contributed by atoms with E-state index in [0.29, 0.717) is 54.1 Å². The largest absolute Gasteiger partial charge is 0.491 e. The monoisotopic (exact) mass is 493 g/mol. The predicted molar refractivity (Wildman–Crippen MR) is 125 cm³/mol. The van der Waals surface area contributed by atoms with Crippen molar-refractivity contribution >= 4 is 35.3 Å². The van der Waals surface area contributed by atoms with Gasteiger partial charge >= 0.3 is 11.9 Å². The van der Waals surface area contributed by atoms with Crippen LogP contribution >= 0.6 is 0 Å². The summed E-state index contributed by atoms with van der Waals surface area (Å²) in [5.41, 5.74) is 1.60. The summed E-state index contributed by atoms with van der Waals surface area (Å²) in [6.07, 6.45) is 2.72. The molecule has 1 aromatic heterocycles. The highest BCUT2D eigenvalue weighted by Gasteiger charge is 2.34. The molecular formula is C24H23N5O7. The Morgan fingerprint density at radius 2 is 2.14 bits per heavy atom. The van der Waals surface area contributed by atoms with Gasteiger partial charge in [0, 0.05) is 37.3 Å². The van der Waals surface area contributed by atoms with Gasteiger partial charge in [0.15, 0.2) is 17.6 Å². The number of rotatable bonds is 7. The molecule has 186 valence electrons. The van der Waals surface area contributed by atoms with E-state index in [9.17, 15) is 14.4 Å². The van der Waals surface area contributed by atoms with E-state index in [1.165, 1.54) is 13.3 Å². The number of hydrogen-bond donors (Lipinski definition) is 1. The van der Waals surface area contributed by atoms with Crippen molar-refractivity contribution in [1.29, 1.82) is 0 Å². The van der Waals surface area contributed by atoms with Crippen molar-refractivity contribution in [3.05, 3.63) is 47.8 Å². The van der Waals surface area contributed by atoms with Crippen LogP contribution < -0.4 is 14.8 Å². The van der Waals surface area contributed by atoms with Crippen LogP contribution in [0, 0.1) is 0 Å². The van der Waals surface area contributed by atoms with Crippen LogP contribution in [0.4, 0.5) is 5.69 Å². The Hall–Kier alpha value is -4.48. The minimum Gasteiger partial charge on any atom is -0.491 e. The fourth-order valence-electron chi connectivity index (χ4n) is 4.05. The maximum Gasteiger partial charge on any atom is 0.347 e. The van der Waals surface area contributed by atoms with Gasteiger partial charge in [0.05, 0.1) is 19.2 Å². The van der Waals surface area contributed by atoms with Crippen molar-refractivity contribution in [3.8, 4) is 11.5 Å². The lowest BCUT2D eigenvalue weighted by Gasteiger charge is -2.28. The minimum absolute atomic E-state index is 0.0384. The molecule has 2 aromatic rings. The number of pyridine rings is 1. The van der Waals surface area contributed by atoms with Crippen molar-refractivity contribution in [1.82, 2.24) is 15.2 Å². The number of hydrogen-bond acceptors (Lipinski definition) is 11. The van der Waals surface area contributed by atoms with Gasteiger partial charge in [-0.3, -0.25) is 29.8 Å². The number of fused-ring (bicyclic) bond motifs is 3. The Labute approximate surface area is 205 Å². The van der Waals surface area contributed by atoms with Gasteiger partial charge in [-0.2, -0.15) is 0 Å². The predicted octanol–water partition coefficient (Wildman–Crippen LogP) is 1.21. The number of amides is 1. The molecule has 0 radical (unpaired) electrons. The van der Waals surface area contributed by atoms with Crippen LogP contribution in [-0.4, -0.2) is 79.0 Å². The second kappa shape index (κ2) is 10.0. The first-order valence-electron chi connectivity index (χ1n) is 11.4.